The number of hydrogen-bond donors (Lipinski definition) is 3. The van der Waals surface area contributed by atoms with Crippen LogP contribution in [0.5, 0.6) is 0 Å². The molecule has 2 rings (SSSR count). The number of carbonyl (C=O) groups excluding carboxylic acids is 2. The van der Waals surface area contributed by atoms with Crippen LogP contribution in [-0.4, -0.2) is 51.2 Å². The fraction of sp³-hybridized carbons (Fsp3) is 0.467. The third-order valence-corrected chi connectivity index (χ3v) is 3.71. The van der Waals surface area contributed by atoms with Gasteiger partial charge in [0.25, 0.3) is 12.3 Å². The molecule has 0 bridgehead atoms. The third-order valence-electron chi connectivity index (χ3n) is 3.71. The maximum atomic E-state index is 13.4. The van der Waals surface area contributed by atoms with E-state index in [9.17, 15) is 18.4 Å². The Morgan fingerprint density at radius 1 is 1.46 bits per heavy atom. The predicted molar refractivity (Wildman–Crippen MR) is 85.1 cm³/mol. The molecule has 0 aromatic heterocycles. The summed E-state index contributed by atoms with van der Waals surface area (Å²) in [6.07, 6.45) is -2.79. The van der Waals surface area contributed by atoms with Gasteiger partial charge in [-0.1, -0.05) is 0 Å². The summed E-state index contributed by atoms with van der Waals surface area (Å²) in [4.78, 5) is 25.1. The number of amides is 2. The van der Waals surface area contributed by atoms with Crippen molar-refractivity contribution < 1.29 is 23.1 Å². The van der Waals surface area contributed by atoms with Crippen LogP contribution < -0.4 is 21.3 Å². The molecule has 24 heavy (non-hydrogen) atoms. The van der Waals surface area contributed by atoms with E-state index in [0.29, 0.717) is 0 Å². The number of ether oxygens (including phenoxy) is 1. The van der Waals surface area contributed by atoms with Crippen molar-refractivity contribution in [2.75, 3.05) is 43.6 Å². The molecule has 4 N–H and O–H groups in total. The van der Waals surface area contributed by atoms with Crippen LogP contribution in [0.15, 0.2) is 18.2 Å². The van der Waals surface area contributed by atoms with Crippen molar-refractivity contribution in [3.63, 3.8) is 0 Å². The van der Waals surface area contributed by atoms with Gasteiger partial charge in [-0.3, -0.25) is 9.59 Å². The Bertz CT molecular complexity index is 608. The standard InChI is InChI=1S/C15H20F2N4O3/c1-19-11(7-18)15(23)20-9-2-3-12(10(6-9)14(16)17)21-4-5-24-8-13(21)22/h2-3,6,11,14,19H,4-5,7-8,18H2,1H3,(H,20,23)/t11-/m0/s1. The zero-order valence-corrected chi connectivity index (χ0v) is 13.2. The first-order chi connectivity index (χ1) is 11.5. The highest BCUT2D eigenvalue weighted by molar-refractivity contribution is 5.97. The molecule has 1 atom stereocenters. The van der Waals surface area contributed by atoms with E-state index in [4.69, 9.17) is 10.5 Å². The second kappa shape index (κ2) is 8.13. The first kappa shape index (κ1) is 18.2. The van der Waals surface area contributed by atoms with Crippen molar-refractivity contribution in [2.45, 2.75) is 12.5 Å². The zero-order chi connectivity index (χ0) is 17.7. The van der Waals surface area contributed by atoms with Gasteiger partial charge in [0.05, 0.1) is 18.3 Å². The van der Waals surface area contributed by atoms with Gasteiger partial charge < -0.3 is 26.0 Å². The van der Waals surface area contributed by atoms with Crippen LogP contribution in [-0.2, 0) is 14.3 Å². The van der Waals surface area contributed by atoms with Crippen molar-refractivity contribution in [2.24, 2.45) is 5.73 Å². The van der Waals surface area contributed by atoms with Crippen LogP contribution >= 0.6 is 0 Å². The largest absolute Gasteiger partial charge is 0.370 e. The lowest BCUT2D eigenvalue weighted by Gasteiger charge is -2.29. The van der Waals surface area contributed by atoms with Crippen molar-refractivity contribution >= 4 is 23.2 Å². The molecular formula is C15H20F2N4O3. The summed E-state index contributed by atoms with van der Waals surface area (Å²) in [5, 5.41) is 5.26. The Hall–Kier alpha value is -2.10. The highest BCUT2D eigenvalue weighted by atomic mass is 19.3. The highest BCUT2D eigenvalue weighted by Crippen LogP contribution is 2.33. The van der Waals surface area contributed by atoms with Gasteiger partial charge in [0.15, 0.2) is 0 Å². The number of morpholine rings is 1. The Balaban J connectivity index is 2.26. The smallest absolute Gasteiger partial charge is 0.265 e. The molecule has 1 fully saturated rings. The van der Waals surface area contributed by atoms with Gasteiger partial charge in [-0.05, 0) is 25.2 Å². The minimum absolute atomic E-state index is 0.0738. The molecule has 132 valence electrons. The number of benzene rings is 1. The Morgan fingerprint density at radius 3 is 2.79 bits per heavy atom. The number of nitrogens with zero attached hydrogens (tertiary/aromatic N) is 1. The first-order valence-corrected chi connectivity index (χ1v) is 7.46. The van der Waals surface area contributed by atoms with E-state index in [2.05, 4.69) is 10.6 Å². The summed E-state index contributed by atoms with van der Waals surface area (Å²) < 4.78 is 31.8. The molecule has 9 heteroatoms. The highest BCUT2D eigenvalue weighted by Gasteiger charge is 2.26. The second-order valence-corrected chi connectivity index (χ2v) is 5.24. The maximum absolute atomic E-state index is 13.4. The fourth-order valence-corrected chi connectivity index (χ4v) is 2.41. The van der Waals surface area contributed by atoms with Crippen LogP contribution in [0.4, 0.5) is 20.2 Å². The summed E-state index contributed by atoms with van der Waals surface area (Å²) in [6, 6.07) is 3.42. The average molecular weight is 342 g/mol. The SMILES string of the molecule is CN[C@@H](CN)C(=O)Nc1ccc(N2CCOCC2=O)c(C(F)F)c1. The number of anilines is 2. The van der Waals surface area contributed by atoms with Crippen molar-refractivity contribution in [3.8, 4) is 0 Å². The average Bonchev–Trinajstić information content (AvgIpc) is 2.56. The number of nitrogens with two attached hydrogens (primary N) is 1. The monoisotopic (exact) mass is 342 g/mol. The molecule has 1 heterocycles. The van der Waals surface area contributed by atoms with Crippen molar-refractivity contribution in [3.05, 3.63) is 23.8 Å². The normalized spacial score (nSPS) is 16.4. The molecule has 1 aromatic carbocycles. The fourth-order valence-electron chi connectivity index (χ4n) is 2.41. The number of carbonyl (C=O) groups is 2. The molecule has 1 aromatic rings. The van der Waals surface area contributed by atoms with Gasteiger partial charge in [0.1, 0.15) is 6.61 Å². The summed E-state index contributed by atoms with van der Waals surface area (Å²) in [7, 11) is 1.58. The molecule has 1 aliphatic heterocycles. The molecule has 1 saturated heterocycles. The zero-order valence-electron chi connectivity index (χ0n) is 13.2. The lowest BCUT2D eigenvalue weighted by molar-refractivity contribution is -0.125. The van der Waals surface area contributed by atoms with Gasteiger partial charge in [0.2, 0.25) is 5.91 Å². The number of nitrogens with one attached hydrogen (secondary N) is 2. The topological polar surface area (TPSA) is 96.7 Å². The molecular weight excluding hydrogens is 322 g/mol. The summed E-state index contributed by atoms with van der Waals surface area (Å²) in [5.41, 5.74) is 5.47. The molecule has 0 unspecified atom stereocenters. The molecule has 7 nitrogen and oxygen atoms in total. The molecule has 0 aliphatic carbocycles. The van der Waals surface area contributed by atoms with Gasteiger partial charge in [0, 0.05) is 24.3 Å². The van der Waals surface area contributed by atoms with E-state index >= 15 is 0 Å². The summed E-state index contributed by atoms with van der Waals surface area (Å²) in [6.45, 7) is 0.429. The number of hydrogen-bond acceptors (Lipinski definition) is 5. The minimum Gasteiger partial charge on any atom is -0.370 e. The number of alkyl halides is 2. The maximum Gasteiger partial charge on any atom is 0.265 e. The first-order valence-electron chi connectivity index (χ1n) is 7.46. The predicted octanol–water partition coefficient (Wildman–Crippen LogP) is 0.473. The van der Waals surface area contributed by atoms with Gasteiger partial charge in [-0.15, -0.1) is 0 Å². The third kappa shape index (κ3) is 4.05. The van der Waals surface area contributed by atoms with Crippen LogP contribution in [0, 0.1) is 0 Å². The van der Waals surface area contributed by atoms with E-state index in [-0.39, 0.29) is 49.1 Å². The van der Waals surface area contributed by atoms with Crippen molar-refractivity contribution in [1.82, 2.24) is 5.32 Å². The summed E-state index contributed by atoms with van der Waals surface area (Å²) in [5.74, 6) is -0.797. The van der Waals surface area contributed by atoms with Gasteiger partial charge in [-0.25, -0.2) is 8.78 Å². The molecule has 1 aliphatic rings. The van der Waals surface area contributed by atoms with Crippen LogP contribution in [0.25, 0.3) is 0 Å². The number of halogens is 2. The van der Waals surface area contributed by atoms with E-state index in [1.54, 1.807) is 7.05 Å². The van der Waals surface area contributed by atoms with Gasteiger partial charge >= 0.3 is 0 Å². The molecule has 0 spiro atoms. The van der Waals surface area contributed by atoms with E-state index in [1.807, 2.05) is 0 Å². The second-order valence-electron chi connectivity index (χ2n) is 5.24. The Labute approximate surface area is 138 Å². The summed E-state index contributed by atoms with van der Waals surface area (Å²) >= 11 is 0. The quantitative estimate of drug-likeness (QED) is 0.698. The van der Waals surface area contributed by atoms with Crippen molar-refractivity contribution in [1.29, 1.82) is 0 Å². The van der Waals surface area contributed by atoms with E-state index in [1.165, 1.54) is 23.1 Å². The van der Waals surface area contributed by atoms with Crippen LogP contribution in [0.2, 0.25) is 0 Å². The molecule has 0 radical (unpaired) electrons. The molecule has 2 amide bonds. The van der Waals surface area contributed by atoms with E-state index < -0.39 is 18.4 Å². The number of rotatable bonds is 6. The van der Waals surface area contributed by atoms with E-state index in [0.717, 1.165) is 0 Å². The molecule has 0 saturated carbocycles. The van der Waals surface area contributed by atoms with Crippen LogP contribution in [0.1, 0.15) is 12.0 Å². The lowest BCUT2D eigenvalue weighted by atomic mass is 10.1. The van der Waals surface area contributed by atoms with Gasteiger partial charge in [-0.2, -0.15) is 0 Å². The minimum atomic E-state index is -2.79. The number of likely N-dealkylation sites (N-methyl/N-ethyl adjacent to an activating group) is 1. The lowest BCUT2D eigenvalue weighted by Crippen LogP contribution is -2.44. The Kier molecular flexibility index (Phi) is 6.18. The van der Waals surface area contributed by atoms with Crippen LogP contribution in [0.3, 0.4) is 0 Å². The Morgan fingerprint density at radius 2 is 2.21 bits per heavy atom.